The second-order valence-corrected chi connectivity index (χ2v) is 11.2. The summed E-state index contributed by atoms with van der Waals surface area (Å²) in [6, 6.07) is 26.5. The Morgan fingerprint density at radius 3 is 1.87 bits per heavy atom. The van der Waals surface area contributed by atoms with Crippen LogP contribution in [0.2, 0.25) is 0 Å². The summed E-state index contributed by atoms with van der Waals surface area (Å²) < 4.78 is -0.311. The van der Waals surface area contributed by atoms with E-state index in [0.717, 1.165) is 16.7 Å². The fraction of sp³-hybridized carbons (Fsp3) is 0.406. The smallest absolute Gasteiger partial charge is 0.313 e. The number of aliphatic carboxylic acids is 1. The van der Waals surface area contributed by atoms with Crippen molar-refractivity contribution < 1.29 is 24.8 Å². The van der Waals surface area contributed by atoms with Gasteiger partial charge in [-0.3, -0.25) is 4.79 Å². The van der Waals surface area contributed by atoms with Crippen LogP contribution in [-0.4, -0.2) is 45.6 Å². The van der Waals surface area contributed by atoms with E-state index in [9.17, 15) is 25.3 Å². The van der Waals surface area contributed by atoms with Gasteiger partial charge in [0.25, 0.3) is 0 Å². The number of quaternary nitrogens is 1. The molecule has 0 saturated carbocycles. The van der Waals surface area contributed by atoms with Gasteiger partial charge >= 0.3 is 5.97 Å². The molecule has 0 aliphatic carbocycles. The number of hydrogen-bond donors (Lipinski definition) is 3. The highest BCUT2D eigenvalue weighted by molar-refractivity contribution is 5.80. The molecule has 1 unspecified atom stereocenters. The van der Waals surface area contributed by atoms with Crippen LogP contribution in [0, 0.1) is 11.1 Å². The Labute approximate surface area is 225 Å². The molecule has 0 radical (unpaired) electrons. The van der Waals surface area contributed by atoms with Crippen molar-refractivity contribution in [3.63, 3.8) is 0 Å². The molecule has 3 aromatic carbocycles. The van der Waals surface area contributed by atoms with Gasteiger partial charge in [-0.1, -0.05) is 84.9 Å². The Hall–Kier alpha value is -3.03. The summed E-state index contributed by atoms with van der Waals surface area (Å²) in [5.41, 5.74) is 0.958. The van der Waals surface area contributed by atoms with Gasteiger partial charge in [0.2, 0.25) is 0 Å². The summed E-state index contributed by atoms with van der Waals surface area (Å²) >= 11 is 0. The lowest BCUT2D eigenvalue weighted by Gasteiger charge is -2.50. The molecule has 1 fully saturated rings. The van der Waals surface area contributed by atoms with Gasteiger partial charge in [0.15, 0.2) is 0 Å². The van der Waals surface area contributed by atoms with Crippen LogP contribution >= 0.6 is 0 Å². The van der Waals surface area contributed by atoms with Gasteiger partial charge in [0.1, 0.15) is 5.60 Å². The number of piperidine rings is 1. The van der Waals surface area contributed by atoms with E-state index in [2.05, 4.69) is 0 Å². The summed E-state index contributed by atoms with van der Waals surface area (Å²) in [5.74, 6) is -0.961. The van der Waals surface area contributed by atoms with E-state index in [1.54, 1.807) is 38.1 Å². The number of hydroxylamine groups is 3. The number of benzene rings is 3. The highest BCUT2D eigenvalue weighted by Crippen LogP contribution is 2.43. The van der Waals surface area contributed by atoms with Crippen LogP contribution in [0.25, 0.3) is 0 Å². The quantitative estimate of drug-likeness (QED) is 0.243. The average Bonchev–Trinajstić information content (AvgIpc) is 2.94. The van der Waals surface area contributed by atoms with Crippen LogP contribution < -0.4 is 0 Å². The van der Waals surface area contributed by atoms with Gasteiger partial charge in [-0.25, -0.2) is 0 Å². The van der Waals surface area contributed by atoms with E-state index in [0.29, 0.717) is 50.9 Å². The number of carboxylic acid groups (broad SMARTS) is 1. The van der Waals surface area contributed by atoms with E-state index >= 15 is 0 Å². The molecule has 1 heterocycles. The van der Waals surface area contributed by atoms with Crippen molar-refractivity contribution in [2.24, 2.45) is 5.92 Å². The Kier molecular flexibility index (Phi) is 8.38. The molecule has 0 bridgehead atoms. The average molecular weight is 518 g/mol. The predicted molar refractivity (Wildman–Crippen MR) is 148 cm³/mol. The molecule has 0 aromatic heterocycles. The molecule has 1 atom stereocenters. The minimum absolute atomic E-state index is 0.0633. The third-order valence-electron chi connectivity index (χ3n) is 8.38. The van der Waals surface area contributed by atoms with Crippen LogP contribution in [0.15, 0.2) is 84.9 Å². The van der Waals surface area contributed by atoms with E-state index in [1.807, 2.05) is 60.7 Å². The normalized spacial score (nSPS) is 21.1. The molecule has 1 saturated heterocycles. The van der Waals surface area contributed by atoms with E-state index in [1.165, 1.54) is 0 Å². The number of hydrogen-bond acceptors (Lipinski definition) is 4. The molecule has 3 N–H and O–H groups in total. The lowest BCUT2D eigenvalue weighted by Crippen LogP contribution is -2.52. The summed E-state index contributed by atoms with van der Waals surface area (Å²) in [6.45, 7) is 4.59. The van der Waals surface area contributed by atoms with Gasteiger partial charge in [-0.2, -0.15) is 0 Å². The summed E-state index contributed by atoms with van der Waals surface area (Å²) in [5, 5.41) is 45.7. The zero-order valence-corrected chi connectivity index (χ0v) is 22.3. The monoisotopic (exact) mass is 517 g/mol. The maximum absolute atomic E-state index is 13.5. The Morgan fingerprint density at radius 1 is 0.895 bits per heavy atom. The van der Waals surface area contributed by atoms with Crippen molar-refractivity contribution in [2.75, 3.05) is 19.6 Å². The number of aliphatic hydroxyl groups excluding tert-OH is 1. The zero-order valence-electron chi connectivity index (χ0n) is 22.3. The van der Waals surface area contributed by atoms with E-state index in [-0.39, 0.29) is 10.6 Å². The van der Waals surface area contributed by atoms with Crippen molar-refractivity contribution in [3.8, 4) is 0 Å². The van der Waals surface area contributed by atoms with E-state index in [4.69, 9.17) is 0 Å². The molecule has 4 rings (SSSR count). The van der Waals surface area contributed by atoms with Crippen molar-refractivity contribution >= 4 is 5.97 Å². The molecule has 1 aliphatic heterocycles. The van der Waals surface area contributed by atoms with Crippen LogP contribution in [0.3, 0.4) is 0 Å². The molecule has 1 aliphatic rings. The Bertz CT molecular complexity index is 1150. The standard InChI is InChI=1S/C32H39NO5/c1-31(2,30(35)36)25-17-15-24(16-18-25)29(34)14-9-21-33(38)22-19-28(20-23-33)32(37,26-10-5-3-6-11-26)27-12-7-4-8-13-27/h3-8,10-13,15-18,28-29,34,37H,9,14,19-23H2,1-2H3,(H,35,36). The first-order chi connectivity index (χ1) is 18.1. The zero-order chi connectivity index (χ0) is 27.4. The Balaban J connectivity index is 1.35. The number of likely N-dealkylation sites (tertiary alicyclic amines) is 1. The van der Waals surface area contributed by atoms with Gasteiger partial charge in [-0.15, -0.1) is 0 Å². The van der Waals surface area contributed by atoms with Gasteiger partial charge < -0.3 is 25.2 Å². The number of carboxylic acids is 1. The summed E-state index contributed by atoms with van der Waals surface area (Å²) in [4.78, 5) is 11.5. The maximum Gasteiger partial charge on any atom is 0.313 e. The van der Waals surface area contributed by atoms with Crippen molar-refractivity contribution in [1.29, 1.82) is 0 Å². The first kappa shape index (κ1) is 28.0. The SMILES string of the molecule is CC(C)(C(=O)O)c1ccc(C(O)CCC[N+]2([O-])CCC(C(O)(c3ccccc3)c3ccccc3)CC2)cc1. The molecule has 0 amide bonds. The Morgan fingerprint density at radius 2 is 1.39 bits per heavy atom. The molecule has 3 aromatic rings. The van der Waals surface area contributed by atoms with Gasteiger partial charge in [-0.05, 0) is 48.9 Å². The molecule has 38 heavy (non-hydrogen) atoms. The van der Waals surface area contributed by atoms with Crippen molar-refractivity contribution in [3.05, 3.63) is 112 Å². The second-order valence-electron chi connectivity index (χ2n) is 11.2. The van der Waals surface area contributed by atoms with Crippen LogP contribution in [0.5, 0.6) is 0 Å². The third kappa shape index (κ3) is 5.84. The number of carbonyl (C=O) groups is 1. The van der Waals surface area contributed by atoms with Crippen molar-refractivity contribution in [1.82, 2.24) is 0 Å². The minimum Gasteiger partial charge on any atom is -0.633 e. The number of aliphatic hydroxyl groups is 2. The highest BCUT2D eigenvalue weighted by Gasteiger charge is 2.43. The molecular formula is C32H39NO5. The topological polar surface area (TPSA) is 101 Å². The highest BCUT2D eigenvalue weighted by atomic mass is 16.5. The first-order valence-corrected chi connectivity index (χ1v) is 13.5. The fourth-order valence-electron chi connectivity index (χ4n) is 5.69. The summed E-state index contributed by atoms with van der Waals surface area (Å²) in [6.07, 6.45) is 1.58. The third-order valence-corrected chi connectivity index (χ3v) is 8.38. The fourth-order valence-corrected chi connectivity index (χ4v) is 5.69. The van der Waals surface area contributed by atoms with Crippen LogP contribution in [-0.2, 0) is 15.8 Å². The number of nitrogens with zero attached hydrogens (tertiary/aromatic N) is 1. The van der Waals surface area contributed by atoms with Crippen LogP contribution in [0.4, 0.5) is 0 Å². The molecule has 202 valence electrons. The molecule has 0 spiro atoms. The minimum atomic E-state index is -1.15. The largest absolute Gasteiger partial charge is 0.633 e. The molecular weight excluding hydrogens is 478 g/mol. The van der Waals surface area contributed by atoms with Crippen LogP contribution in [0.1, 0.15) is 67.9 Å². The van der Waals surface area contributed by atoms with Gasteiger partial charge in [0.05, 0.1) is 31.2 Å². The molecule has 6 nitrogen and oxygen atoms in total. The maximum atomic E-state index is 13.5. The lowest BCUT2D eigenvalue weighted by atomic mass is 9.72. The predicted octanol–water partition coefficient (Wildman–Crippen LogP) is 5.52. The van der Waals surface area contributed by atoms with Crippen molar-refractivity contribution in [2.45, 2.75) is 56.7 Å². The van der Waals surface area contributed by atoms with E-state index < -0.39 is 23.1 Å². The molecule has 6 heteroatoms. The number of rotatable bonds is 10. The second kappa shape index (κ2) is 11.4. The first-order valence-electron chi connectivity index (χ1n) is 13.5. The summed E-state index contributed by atoms with van der Waals surface area (Å²) in [7, 11) is 0. The lowest BCUT2D eigenvalue weighted by molar-refractivity contribution is -0.887. The van der Waals surface area contributed by atoms with Gasteiger partial charge in [0, 0.05) is 18.8 Å².